The molecule has 0 aromatic carbocycles. The van der Waals surface area contributed by atoms with Crippen molar-refractivity contribution in [2.45, 2.75) is 31.1 Å². The van der Waals surface area contributed by atoms with Gasteiger partial charge < -0.3 is 20.7 Å². The number of dihydropyridines is 1. The first-order valence-electron chi connectivity index (χ1n) is 10.5. The van der Waals surface area contributed by atoms with Gasteiger partial charge in [-0.2, -0.15) is 0 Å². The number of hydrogen-bond donors (Lipinski definition) is 4. The highest BCUT2D eigenvalue weighted by atomic mass is 19.1. The molecule has 10 heteroatoms. The molecule has 5 aliphatic heterocycles. The van der Waals surface area contributed by atoms with Crippen LogP contribution in [0, 0.1) is 0 Å². The number of nitrogens with one attached hydrogen (secondary N) is 4. The quantitative estimate of drug-likeness (QED) is 0.446. The SMILES string of the molecule is O=C(NC1=CC=CC(N2CCOCC2)N1)C1=CNC2C=CC(N3CC[C@@H](F)C3)NN12. The minimum atomic E-state index is -0.787. The normalized spacial score (nSPS) is 34.1. The number of likely N-dealkylation sites (tertiary alicyclic amines) is 1. The van der Waals surface area contributed by atoms with E-state index in [2.05, 4.69) is 32.4 Å². The molecule has 30 heavy (non-hydrogen) atoms. The Morgan fingerprint density at radius 1 is 1.10 bits per heavy atom. The summed E-state index contributed by atoms with van der Waals surface area (Å²) >= 11 is 0. The van der Waals surface area contributed by atoms with Crippen LogP contribution in [0.4, 0.5) is 4.39 Å². The van der Waals surface area contributed by atoms with E-state index < -0.39 is 6.17 Å². The van der Waals surface area contributed by atoms with Gasteiger partial charge in [0.2, 0.25) is 0 Å². The van der Waals surface area contributed by atoms with Crippen LogP contribution in [0.1, 0.15) is 6.42 Å². The number of nitrogens with zero attached hydrogens (tertiary/aromatic N) is 3. The van der Waals surface area contributed by atoms with Crippen molar-refractivity contribution in [2.24, 2.45) is 0 Å². The second-order valence-electron chi connectivity index (χ2n) is 8.01. The van der Waals surface area contributed by atoms with Crippen LogP contribution in [0.15, 0.2) is 48.1 Å². The summed E-state index contributed by atoms with van der Waals surface area (Å²) < 4.78 is 19.0. The van der Waals surface area contributed by atoms with Gasteiger partial charge in [-0.1, -0.05) is 12.2 Å². The number of hydrazine groups is 1. The van der Waals surface area contributed by atoms with Crippen molar-refractivity contribution in [1.29, 1.82) is 0 Å². The maximum atomic E-state index is 13.6. The molecular formula is C20H28FN7O2. The third-order valence-electron chi connectivity index (χ3n) is 6.01. The first-order chi connectivity index (χ1) is 14.7. The summed E-state index contributed by atoms with van der Waals surface area (Å²) in [5, 5.41) is 11.3. The van der Waals surface area contributed by atoms with Gasteiger partial charge in [0.05, 0.1) is 19.4 Å². The number of carbonyl (C=O) groups is 1. The number of hydrogen-bond acceptors (Lipinski definition) is 8. The fraction of sp³-hybridized carbons (Fsp3) is 0.550. The van der Waals surface area contributed by atoms with Crippen molar-refractivity contribution in [3.8, 4) is 0 Å². The van der Waals surface area contributed by atoms with Crippen molar-refractivity contribution in [2.75, 3.05) is 39.4 Å². The van der Waals surface area contributed by atoms with E-state index in [1.54, 1.807) is 6.20 Å². The van der Waals surface area contributed by atoms with E-state index >= 15 is 0 Å². The molecule has 1 amide bonds. The predicted molar refractivity (Wildman–Crippen MR) is 109 cm³/mol. The molecule has 5 aliphatic rings. The lowest BCUT2D eigenvalue weighted by Crippen LogP contribution is -2.58. The van der Waals surface area contributed by atoms with Gasteiger partial charge in [0.25, 0.3) is 5.91 Å². The van der Waals surface area contributed by atoms with E-state index in [-0.39, 0.29) is 24.4 Å². The van der Waals surface area contributed by atoms with E-state index in [1.807, 2.05) is 34.2 Å². The molecular weight excluding hydrogens is 389 g/mol. The molecule has 162 valence electrons. The van der Waals surface area contributed by atoms with Gasteiger partial charge in [-0.25, -0.2) is 9.82 Å². The van der Waals surface area contributed by atoms with Crippen LogP contribution in [0.5, 0.6) is 0 Å². The van der Waals surface area contributed by atoms with Gasteiger partial charge in [0.15, 0.2) is 0 Å². The monoisotopic (exact) mass is 417 g/mol. The second-order valence-corrected chi connectivity index (χ2v) is 8.01. The zero-order valence-electron chi connectivity index (χ0n) is 16.8. The lowest BCUT2D eigenvalue weighted by atomic mass is 10.2. The van der Waals surface area contributed by atoms with Crippen molar-refractivity contribution >= 4 is 5.91 Å². The van der Waals surface area contributed by atoms with Crippen LogP contribution in [0.3, 0.4) is 0 Å². The Hall–Kier alpha value is -2.40. The smallest absolute Gasteiger partial charge is 0.276 e. The fourth-order valence-electron chi connectivity index (χ4n) is 4.36. The number of rotatable bonds is 4. The summed E-state index contributed by atoms with van der Waals surface area (Å²) in [6.45, 7) is 4.24. The summed E-state index contributed by atoms with van der Waals surface area (Å²) in [7, 11) is 0. The first kappa shape index (κ1) is 19.6. The lowest BCUT2D eigenvalue weighted by Gasteiger charge is -2.38. The number of allylic oxidation sites excluding steroid dienone is 2. The summed E-state index contributed by atoms with van der Waals surface area (Å²) in [5.74, 6) is 0.443. The molecule has 0 radical (unpaired) electrons. The maximum Gasteiger partial charge on any atom is 0.276 e. The Bertz CT molecular complexity index is 792. The van der Waals surface area contributed by atoms with Gasteiger partial charge in [-0.3, -0.25) is 19.6 Å². The van der Waals surface area contributed by atoms with Crippen LogP contribution in [-0.2, 0) is 9.53 Å². The van der Waals surface area contributed by atoms with E-state index in [0.717, 1.165) is 13.1 Å². The predicted octanol–water partition coefficient (Wildman–Crippen LogP) is -0.721. The van der Waals surface area contributed by atoms with E-state index in [9.17, 15) is 9.18 Å². The number of ether oxygens (including phenoxy) is 1. The largest absolute Gasteiger partial charge is 0.379 e. The third kappa shape index (κ3) is 3.95. The van der Waals surface area contributed by atoms with Crippen molar-refractivity contribution in [3.63, 3.8) is 0 Å². The number of alkyl halides is 1. The molecule has 9 nitrogen and oxygen atoms in total. The standard InChI is InChI=1S/C20H28FN7O2/c21-14-6-7-27(13-14)19-5-4-17-22-12-15(28(17)25-19)20(29)24-16-2-1-3-18(23-16)26-8-10-30-11-9-26/h1-5,12,14,17-19,22-23,25H,6-11,13H2,(H,24,29)/t14-,17?,18?,19?/m1/s1. The van der Waals surface area contributed by atoms with Crippen molar-refractivity contribution in [1.82, 2.24) is 36.2 Å². The number of halogens is 1. The summed E-state index contributed by atoms with van der Waals surface area (Å²) in [6.07, 6.45) is 11.1. The average Bonchev–Trinajstić information content (AvgIpc) is 3.40. The average molecular weight is 417 g/mol. The highest BCUT2D eigenvalue weighted by molar-refractivity contribution is 5.94. The van der Waals surface area contributed by atoms with Gasteiger partial charge in [0.1, 0.15) is 30.0 Å². The lowest BCUT2D eigenvalue weighted by molar-refractivity contribution is -0.119. The molecule has 4 N–H and O–H groups in total. The van der Waals surface area contributed by atoms with E-state index in [0.29, 0.717) is 44.2 Å². The highest BCUT2D eigenvalue weighted by Gasteiger charge is 2.36. The topological polar surface area (TPSA) is 84.1 Å². The van der Waals surface area contributed by atoms with Gasteiger partial charge >= 0.3 is 0 Å². The molecule has 0 bridgehead atoms. The summed E-state index contributed by atoms with van der Waals surface area (Å²) in [4.78, 5) is 17.3. The fourth-order valence-corrected chi connectivity index (χ4v) is 4.36. The van der Waals surface area contributed by atoms with Gasteiger partial charge in [-0.05, 0) is 24.6 Å². The highest BCUT2D eigenvalue weighted by Crippen LogP contribution is 2.22. The third-order valence-corrected chi connectivity index (χ3v) is 6.01. The number of fused-ring (bicyclic) bond motifs is 1. The molecule has 0 aromatic rings. The Labute approximate surface area is 175 Å². The van der Waals surface area contributed by atoms with Gasteiger partial charge in [-0.15, -0.1) is 0 Å². The molecule has 0 spiro atoms. The summed E-state index contributed by atoms with van der Waals surface area (Å²) in [5.41, 5.74) is 3.84. The zero-order chi connectivity index (χ0) is 20.5. The van der Waals surface area contributed by atoms with Gasteiger partial charge in [0, 0.05) is 32.4 Å². The zero-order valence-corrected chi connectivity index (χ0v) is 16.8. The van der Waals surface area contributed by atoms with Crippen molar-refractivity contribution < 1.29 is 13.9 Å². The molecule has 0 aliphatic carbocycles. The molecule has 2 fully saturated rings. The molecule has 0 saturated carbocycles. The Morgan fingerprint density at radius 3 is 2.73 bits per heavy atom. The Balaban J connectivity index is 1.20. The van der Waals surface area contributed by atoms with E-state index in [1.165, 1.54) is 0 Å². The van der Waals surface area contributed by atoms with Crippen LogP contribution < -0.4 is 21.4 Å². The minimum Gasteiger partial charge on any atom is -0.379 e. The number of carbonyl (C=O) groups excluding carboxylic acids is 1. The molecule has 3 unspecified atom stereocenters. The Kier molecular flexibility index (Phi) is 5.47. The van der Waals surface area contributed by atoms with Crippen LogP contribution in [0.25, 0.3) is 0 Å². The Morgan fingerprint density at radius 2 is 1.93 bits per heavy atom. The molecule has 5 rings (SSSR count). The van der Waals surface area contributed by atoms with Crippen LogP contribution >= 0.6 is 0 Å². The van der Waals surface area contributed by atoms with Crippen LogP contribution in [0.2, 0.25) is 0 Å². The minimum absolute atomic E-state index is 0.0295. The number of amides is 1. The van der Waals surface area contributed by atoms with Crippen molar-refractivity contribution in [3.05, 3.63) is 48.1 Å². The van der Waals surface area contributed by atoms with Crippen LogP contribution in [-0.4, -0.2) is 84.8 Å². The second kappa shape index (κ2) is 8.38. The molecule has 4 atom stereocenters. The number of morpholine rings is 1. The molecule has 5 heterocycles. The molecule has 0 aromatic heterocycles. The molecule has 2 saturated heterocycles. The maximum absolute atomic E-state index is 13.6. The summed E-state index contributed by atoms with van der Waals surface area (Å²) in [6, 6.07) is 0. The van der Waals surface area contributed by atoms with E-state index in [4.69, 9.17) is 4.74 Å². The first-order valence-corrected chi connectivity index (χ1v) is 10.5.